The Labute approximate surface area is 131 Å². The van der Waals surface area contributed by atoms with E-state index >= 15 is 0 Å². The van der Waals surface area contributed by atoms with E-state index in [2.05, 4.69) is 25.3 Å². The predicted molar refractivity (Wildman–Crippen MR) is 90.2 cm³/mol. The van der Waals surface area contributed by atoms with Gasteiger partial charge in [0.2, 0.25) is 0 Å². The number of rotatable bonds is 5. The highest BCUT2D eigenvalue weighted by molar-refractivity contribution is 6.01. The zero-order valence-corrected chi connectivity index (χ0v) is 12.6. The summed E-state index contributed by atoms with van der Waals surface area (Å²) in [6.07, 6.45) is 0. The smallest absolute Gasteiger partial charge is 0.149 e. The molecule has 3 rings (SSSR count). The van der Waals surface area contributed by atoms with E-state index in [-0.39, 0.29) is 0 Å². The average molecular weight is 290 g/mol. The molecule has 0 saturated heterocycles. The zero-order chi connectivity index (χ0) is 15.5. The molecule has 2 aromatic rings. The van der Waals surface area contributed by atoms with Gasteiger partial charge in [-0.2, -0.15) is 0 Å². The first kappa shape index (κ1) is 14.2. The largest absolute Gasteiger partial charge is 0.489 e. The minimum Gasteiger partial charge on any atom is -0.489 e. The lowest BCUT2D eigenvalue weighted by molar-refractivity contribution is 0.340. The van der Waals surface area contributed by atoms with Crippen molar-refractivity contribution in [1.82, 2.24) is 0 Å². The lowest BCUT2D eigenvalue weighted by atomic mass is 9.95. The maximum Gasteiger partial charge on any atom is 0.149 e. The van der Waals surface area contributed by atoms with Gasteiger partial charge in [0.15, 0.2) is 0 Å². The lowest BCUT2D eigenvalue weighted by Crippen LogP contribution is -2.11. The summed E-state index contributed by atoms with van der Waals surface area (Å²) in [6.45, 7) is 10.3. The highest BCUT2D eigenvalue weighted by atomic mass is 16.5. The molecule has 1 aliphatic rings. The molecular formula is C20H18O2. The van der Waals surface area contributed by atoms with Gasteiger partial charge in [-0.3, -0.25) is 0 Å². The highest BCUT2D eigenvalue weighted by Gasteiger charge is 2.28. The Morgan fingerprint density at radius 3 is 2.41 bits per heavy atom. The summed E-state index contributed by atoms with van der Waals surface area (Å²) in [6, 6.07) is 18.0. The van der Waals surface area contributed by atoms with E-state index in [1.165, 1.54) is 0 Å². The van der Waals surface area contributed by atoms with Crippen LogP contribution in [0.25, 0.3) is 11.3 Å². The molecule has 2 nitrogen and oxygen atoms in total. The molecule has 2 aromatic carbocycles. The molecule has 110 valence electrons. The minimum absolute atomic E-state index is 0.492. The number of hydrogen-bond donors (Lipinski definition) is 0. The molecule has 1 heterocycles. The van der Waals surface area contributed by atoms with Crippen LogP contribution in [0.1, 0.15) is 18.1 Å². The minimum atomic E-state index is 0.492. The van der Waals surface area contributed by atoms with Gasteiger partial charge in [-0.25, -0.2) is 0 Å². The normalized spacial score (nSPS) is 13.4. The van der Waals surface area contributed by atoms with Crippen molar-refractivity contribution in [2.75, 3.05) is 6.61 Å². The Hall–Kier alpha value is -2.74. The fraction of sp³-hybridized carbons (Fsp3) is 0.100. The molecule has 22 heavy (non-hydrogen) atoms. The van der Waals surface area contributed by atoms with Gasteiger partial charge in [0.1, 0.15) is 23.9 Å². The summed E-state index contributed by atoms with van der Waals surface area (Å²) >= 11 is 0. The lowest BCUT2D eigenvalue weighted by Gasteiger charge is -2.28. The van der Waals surface area contributed by atoms with Gasteiger partial charge in [-0.1, -0.05) is 55.6 Å². The van der Waals surface area contributed by atoms with Crippen LogP contribution < -0.4 is 4.74 Å². The standard InChI is InChI=1S/C20H18O2/c1-14(2)13-21-18-12-8-7-11-17(18)20-19(15(3)22-20)16-9-5-4-6-10-16/h4-12H,1,3,13H2,2H3. The molecule has 0 radical (unpaired) electrons. The maximum absolute atomic E-state index is 5.83. The quantitative estimate of drug-likeness (QED) is 0.717. The molecule has 0 aromatic heterocycles. The third kappa shape index (κ3) is 2.68. The van der Waals surface area contributed by atoms with E-state index in [0.717, 1.165) is 33.8 Å². The van der Waals surface area contributed by atoms with Crippen molar-refractivity contribution < 1.29 is 9.47 Å². The van der Waals surface area contributed by atoms with Gasteiger partial charge in [-0.05, 0) is 30.2 Å². The molecule has 0 atom stereocenters. The third-order valence-corrected chi connectivity index (χ3v) is 3.40. The van der Waals surface area contributed by atoms with Crippen molar-refractivity contribution in [3.63, 3.8) is 0 Å². The van der Waals surface area contributed by atoms with Crippen LogP contribution in [0, 0.1) is 0 Å². The number of ether oxygens (including phenoxy) is 2. The van der Waals surface area contributed by atoms with Gasteiger partial charge in [0, 0.05) is 0 Å². The molecule has 0 fully saturated rings. The summed E-state index contributed by atoms with van der Waals surface area (Å²) in [5.41, 5.74) is 4.05. The maximum atomic E-state index is 5.83. The summed E-state index contributed by atoms with van der Waals surface area (Å²) in [5, 5.41) is 0. The number of benzene rings is 2. The fourth-order valence-electron chi connectivity index (χ4n) is 2.37. The Kier molecular flexibility index (Phi) is 3.84. The third-order valence-electron chi connectivity index (χ3n) is 3.40. The molecule has 2 heteroatoms. The first-order valence-electron chi connectivity index (χ1n) is 7.20. The number of allylic oxidation sites excluding steroid dienone is 1. The van der Waals surface area contributed by atoms with E-state index in [1.807, 2.05) is 49.4 Å². The molecule has 0 bridgehead atoms. The number of para-hydroxylation sites is 1. The van der Waals surface area contributed by atoms with Crippen LogP contribution in [0.15, 0.2) is 79.1 Å². The van der Waals surface area contributed by atoms with E-state index in [0.29, 0.717) is 12.4 Å². The van der Waals surface area contributed by atoms with Crippen LogP contribution in [0.5, 0.6) is 5.75 Å². The van der Waals surface area contributed by atoms with Gasteiger partial charge in [0.25, 0.3) is 0 Å². The van der Waals surface area contributed by atoms with Crippen molar-refractivity contribution in [2.24, 2.45) is 0 Å². The van der Waals surface area contributed by atoms with Crippen molar-refractivity contribution in [3.05, 3.63) is 90.2 Å². The van der Waals surface area contributed by atoms with Gasteiger partial charge < -0.3 is 9.47 Å². The highest BCUT2D eigenvalue weighted by Crippen LogP contribution is 2.45. The fourth-order valence-corrected chi connectivity index (χ4v) is 2.37. The van der Waals surface area contributed by atoms with Crippen molar-refractivity contribution in [3.8, 4) is 5.75 Å². The first-order chi connectivity index (χ1) is 10.7. The van der Waals surface area contributed by atoms with E-state index in [9.17, 15) is 0 Å². The second-order valence-corrected chi connectivity index (χ2v) is 5.34. The Balaban J connectivity index is 2.02. The number of hydrogen-bond acceptors (Lipinski definition) is 2. The first-order valence-corrected chi connectivity index (χ1v) is 7.20. The summed E-state index contributed by atoms with van der Waals surface area (Å²) in [5.74, 6) is 2.30. The Bertz CT molecular complexity index is 754. The van der Waals surface area contributed by atoms with E-state index in [4.69, 9.17) is 9.47 Å². The van der Waals surface area contributed by atoms with Crippen LogP contribution in [-0.2, 0) is 4.74 Å². The monoisotopic (exact) mass is 290 g/mol. The van der Waals surface area contributed by atoms with Gasteiger partial charge in [-0.15, -0.1) is 0 Å². The van der Waals surface area contributed by atoms with Crippen LogP contribution in [0.2, 0.25) is 0 Å². The Morgan fingerprint density at radius 1 is 1.05 bits per heavy atom. The molecule has 0 aliphatic carbocycles. The summed E-state index contributed by atoms with van der Waals surface area (Å²) < 4.78 is 11.6. The van der Waals surface area contributed by atoms with Crippen molar-refractivity contribution in [2.45, 2.75) is 6.92 Å². The van der Waals surface area contributed by atoms with Crippen LogP contribution in [0.4, 0.5) is 0 Å². The second-order valence-electron chi connectivity index (χ2n) is 5.34. The topological polar surface area (TPSA) is 18.5 Å². The SMILES string of the molecule is C=C(C)COc1ccccc1C1=C(c2ccccc2)C(=C)O1. The molecule has 0 saturated carbocycles. The molecule has 1 aliphatic heterocycles. The van der Waals surface area contributed by atoms with E-state index < -0.39 is 0 Å². The van der Waals surface area contributed by atoms with Crippen LogP contribution in [-0.4, -0.2) is 6.61 Å². The molecule has 0 spiro atoms. The molecular weight excluding hydrogens is 272 g/mol. The average Bonchev–Trinajstić information content (AvgIpc) is 2.52. The van der Waals surface area contributed by atoms with Crippen LogP contribution >= 0.6 is 0 Å². The Morgan fingerprint density at radius 2 is 1.73 bits per heavy atom. The summed E-state index contributed by atoms with van der Waals surface area (Å²) in [4.78, 5) is 0. The second kappa shape index (κ2) is 5.94. The van der Waals surface area contributed by atoms with Gasteiger partial charge in [0.05, 0.1) is 11.1 Å². The van der Waals surface area contributed by atoms with Gasteiger partial charge >= 0.3 is 0 Å². The van der Waals surface area contributed by atoms with E-state index in [1.54, 1.807) is 0 Å². The molecule has 0 unspecified atom stereocenters. The molecule has 0 N–H and O–H groups in total. The summed E-state index contributed by atoms with van der Waals surface area (Å²) in [7, 11) is 0. The molecule has 0 amide bonds. The van der Waals surface area contributed by atoms with Crippen LogP contribution in [0.3, 0.4) is 0 Å². The predicted octanol–water partition coefficient (Wildman–Crippen LogP) is 5.05. The van der Waals surface area contributed by atoms with Crippen molar-refractivity contribution >= 4 is 11.3 Å². The van der Waals surface area contributed by atoms with Crippen molar-refractivity contribution in [1.29, 1.82) is 0 Å². The zero-order valence-electron chi connectivity index (χ0n) is 12.6.